The predicted molar refractivity (Wildman–Crippen MR) is 168 cm³/mol. The lowest BCUT2D eigenvalue weighted by molar-refractivity contribution is -0.120. The number of nitrogens with two attached hydrogens (primary N) is 1. The highest BCUT2D eigenvalue weighted by atomic mass is 32.2. The normalized spacial score (nSPS) is 14.9. The van der Waals surface area contributed by atoms with Crippen molar-refractivity contribution in [3.05, 3.63) is 83.3 Å². The van der Waals surface area contributed by atoms with Crippen molar-refractivity contribution in [1.29, 1.82) is 0 Å². The molecule has 0 spiro atoms. The summed E-state index contributed by atoms with van der Waals surface area (Å²) in [5.41, 5.74) is 13.0. The summed E-state index contributed by atoms with van der Waals surface area (Å²) in [4.78, 5) is 16.3. The van der Waals surface area contributed by atoms with E-state index in [4.69, 9.17) is 18.0 Å². The summed E-state index contributed by atoms with van der Waals surface area (Å²) in [6.07, 6.45) is 9.22. The van der Waals surface area contributed by atoms with Crippen LogP contribution in [-0.4, -0.2) is 52.5 Å². The van der Waals surface area contributed by atoms with E-state index in [0.29, 0.717) is 31.0 Å². The highest BCUT2D eigenvalue weighted by molar-refractivity contribution is 7.88. The average Bonchev–Trinajstić information content (AvgIpc) is 3.56. The summed E-state index contributed by atoms with van der Waals surface area (Å²) in [6, 6.07) is 16.4. The Morgan fingerprint density at radius 1 is 1.12 bits per heavy atom. The number of hydrogen-bond acceptors (Lipinski definition) is 4. The lowest BCUT2D eigenvalue weighted by Gasteiger charge is -2.31. The number of nitrogens with zero attached hydrogens (tertiary/aromatic N) is 2. The van der Waals surface area contributed by atoms with Crippen LogP contribution in [0.2, 0.25) is 0 Å². The van der Waals surface area contributed by atoms with Gasteiger partial charge in [-0.2, -0.15) is 0 Å². The van der Waals surface area contributed by atoms with E-state index in [1.54, 1.807) is 4.31 Å². The van der Waals surface area contributed by atoms with Crippen LogP contribution >= 0.6 is 12.2 Å². The fourth-order valence-electron chi connectivity index (χ4n) is 5.69. The second-order valence-corrected chi connectivity index (χ2v) is 13.3. The number of fused-ring (bicyclic) bond motifs is 1. The molecule has 2 aromatic heterocycles. The number of carbonyl (C=O) groups excluding carboxylic acids is 1. The first-order valence-electron chi connectivity index (χ1n) is 14.0. The van der Waals surface area contributed by atoms with Gasteiger partial charge in [-0.15, -0.1) is 0 Å². The molecular formula is C31H37N5O3S2. The zero-order valence-electron chi connectivity index (χ0n) is 23.5. The fourth-order valence-corrected chi connectivity index (χ4v) is 6.70. The van der Waals surface area contributed by atoms with Gasteiger partial charge in [0.25, 0.3) is 0 Å². The fraction of sp³-hybridized carbons (Fsp3) is 0.355. The predicted octanol–water partition coefficient (Wildman–Crippen LogP) is 4.68. The largest absolute Gasteiger partial charge is 0.389 e. The second kappa shape index (κ2) is 12.2. The maximum absolute atomic E-state index is 12.7. The molecule has 4 aromatic rings. The maximum atomic E-state index is 12.7. The molecule has 1 fully saturated rings. The number of aryl methyl sites for hydroxylation is 1. The van der Waals surface area contributed by atoms with E-state index in [1.165, 1.54) is 11.8 Å². The number of amides is 1. The van der Waals surface area contributed by atoms with E-state index < -0.39 is 10.0 Å². The Balaban J connectivity index is 1.41. The quantitative estimate of drug-likeness (QED) is 0.232. The van der Waals surface area contributed by atoms with Crippen molar-refractivity contribution in [2.75, 3.05) is 19.3 Å². The molecule has 0 radical (unpaired) electrons. The van der Waals surface area contributed by atoms with Gasteiger partial charge in [-0.25, -0.2) is 12.7 Å². The van der Waals surface area contributed by atoms with Crippen LogP contribution in [0.3, 0.4) is 0 Å². The summed E-state index contributed by atoms with van der Waals surface area (Å²) < 4.78 is 28.0. The van der Waals surface area contributed by atoms with Crippen LogP contribution < -0.4 is 11.1 Å². The van der Waals surface area contributed by atoms with Crippen molar-refractivity contribution in [3.8, 4) is 11.1 Å². The number of aromatic nitrogens is 2. The van der Waals surface area contributed by atoms with Crippen molar-refractivity contribution < 1.29 is 13.2 Å². The Kier molecular flexibility index (Phi) is 8.63. The number of hydrogen-bond donors (Lipinski definition) is 3. The van der Waals surface area contributed by atoms with E-state index in [0.717, 1.165) is 64.5 Å². The molecule has 8 nitrogen and oxygen atoms in total. The number of thiocarbonyl (C=S) groups is 1. The molecule has 3 heterocycles. The molecule has 5 rings (SSSR count). The number of rotatable bonds is 10. The molecule has 0 aliphatic carbocycles. The third kappa shape index (κ3) is 6.72. The van der Waals surface area contributed by atoms with Gasteiger partial charge in [-0.3, -0.25) is 4.79 Å². The lowest BCUT2D eigenvalue weighted by atomic mass is 10.0. The van der Waals surface area contributed by atoms with Gasteiger partial charge in [0, 0.05) is 65.8 Å². The Bertz CT molecular complexity index is 1680. The molecule has 1 aliphatic rings. The lowest BCUT2D eigenvalue weighted by Crippen LogP contribution is -2.38. The minimum atomic E-state index is -3.21. The molecule has 10 heteroatoms. The van der Waals surface area contributed by atoms with Gasteiger partial charge in [-0.05, 0) is 54.2 Å². The van der Waals surface area contributed by atoms with Crippen molar-refractivity contribution >= 4 is 44.0 Å². The first kappa shape index (κ1) is 29.0. The monoisotopic (exact) mass is 591 g/mol. The Morgan fingerprint density at radius 3 is 2.61 bits per heavy atom. The van der Waals surface area contributed by atoms with E-state index in [-0.39, 0.29) is 11.9 Å². The summed E-state index contributed by atoms with van der Waals surface area (Å²) in [5.74, 6) is -0.0335. The molecule has 0 saturated carbocycles. The van der Waals surface area contributed by atoms with Gasteiger partial charge in [-0.1, -0.05) is 55.9 Å². The number of sulfonamides is 1. The molecule has 0 bridgehead atoms. The standard InChI is InChI=1S/C31H37N5O3S2/c1-3-5-21-14-25(33-18-21)17-30(37)34-19-22-8-9-27-28(23-6-4-7-24(16-23)31(32)40)20-36(29(27)15-22)26-10-12-35(13-11-26)41(2,38)39/h4,6-9,14-16,18,20,26,33H,3,5,10-13,17,19H2,1-2H3,(H2,32,40)(H,34,37). The molecule has 1 saturated heterocycles. The van der Waals surface area contributed by atoms with Gasteiger partial charge >= 0.3 is 0 Å². The Labute approximate surface area is 247 Å². The number of nitrogens with one attached hydrogen (secondary N) is 2. The van der Waals surface area contributed by atoms with Gasteiger partial charge in [0.2, 0.25) is 15.9 Å². The number of piperidine rings is 1. The molecule has 2 aromatic carbocycles. The van der Waals surface area contributed by atoms with E-state index in [1.807, 2.05) is 36.5 Å². The number of benzene rings is 2. The van der Waals surface area contributed by atoms with Crippen molar-refractivity contribution in [1.82, 2.24) is 19.2 Å². The number of aromatic amines is 1. The van der Waals surface area contributed by atoms with Crippen molar-refractivity contribution in [3.63, 3.8) is 0 Å². The summed E-state index contributed by atoms with van der Waals surface area (Å²) in [7, 11) is -3.21. The number of carbonyl (C=O) groups is 1. The van der Waals surface area contributed by atoms with Crippen LogP contribution in [0.4, 0.5) is 0 Å². The highest BCUT2D eigenvalue weighted by Crippen LogP contribution is 2.36. The van der Waals surface area contributed by atoms with Gasteiger partial charge in [0.05, 0.1) is 12.7 Å². The van der Waals surface area contributed by atoms with Crippen LogP contribution in [0.15, 0.2) is 60.9 Å². The Morgan fingerprint density at radius 2 is 1.90 bits per heavy atom. The van der Waals surface area contributed by atoms with Crippen LogP contribution in [0, 0.1) is 0 Å². The molecule has 1 aliphatic heterocycles. The molecule has 1 amide bonds. The molecule has 41 heavy (non-hydrogen) atoms. The highest BCUT2D eigenvalue weighted by Gasteiger charge is 2.27. The zero-order valence-corrected chi connectivity index (χ0v) is 25.2. The van der Waals surface area contributed by atoms with Crippen LogP contribution in [0.25, 0.3) is 22.0 Å². The summed E-state index contributed by atoms with van der Waals surface area (Å²) in [6.45, 7) is 3.54. The third-order valence-electron chi connectivity index (χ3n) is 7.82. The molecule has 4 N–H and O–H groups in total. The topological polar surface area (TPSA) is 113 Å². The average molecular weight is 592 g/mol. The van der Waals surface area contributed by atoms with Crippen LogP contribution in [0.5, 0.6) is 0 Å². The zero-order chi connectivity index (χ0) is 29.1. The van der Waals surface area contributed by atoms with Gasteiger partial charge in [0.1, 0.15) is 4.99 Å². The smallest absolute Gasteiger partial charge is 0.226 e. The van der Waals surface area contributed by atoms with Gasteiger partial charge in [0.15, 0.2) is 0 Å². The first-order valence-corrected chi connectivity index (χ1v) is 16.3. The van der Waals surface area contributed by atoms with E-state index in [2.05, 4.69) is 46.2 Å². The Hall–Kier alpha value is -3.47. The van der Waals surface area contributed by atoms with Crippen LogP contribution in [0.1, 0.15) is 54.6 Å². The minimum Gasteiger partial charge on any atom is -0.389 e. The molecule has 0 unspecified atom stereocenters. The minimum absolute atomic E-state index is 0.0335. The van der Waals surface area contributed by atoms with E-state index in [9.17, 15) is 13.2 Å². The van der Waals surface area contributed by atoms with Crippen molar-refractivity contribution in [2.24, 2.45) is 5.73 Å². The number of H-pyrrole nitrogens is 1. The first-order chi connectivity index (χ1) is 19.6. The molecular weight excluding hydrogens is 555 g/mol. The van der Waals surface area contributed by atoms with Crippen molar-refractivity contribution in [2.45, 2.75) is 51.6 Å². The summed E-state index contributed by atoms with van der Waals surface area (Å²) >= 11 is 5.22. The molecule has 216 valence electrons. The van der Waals surface area contributed by atoms with Gasteiger partial charge < -0.3 is 20.6 Å². The third-order valence-corrected chi connectivity index (χ3v) is 9.36. The van der Waals surface area contributed by atoms with E-state index >= 15 is 0 Å². The SMILES string of the molecule is CCCc1c[nH]c(CC(=O)NCc2ccc3c(-c4cccc(C(N)=S)c4)cn(C4CCN(S(C)(=O)=O)CC4)c3c2)c1. The maximum Gasteiger partial charge on any atom is 0.226 e. The molecule has 0 atom stereocenters. The van der Waals surface area contributed by atoms with Crippen LogP contribution in [-0.2, 0) is 34.2 Å². The summed E-state index contributed by atoms with van der Waals surface area (Å²) in [5, 5.41) is 4.15. The second-order valence-electron chi connectivity index (χ2n) is 10.9.